The largest absolute Gasteiger partial charge is 0.468 e. The highest BCUT2D eigenvalue weighted by atomic mass is 31.2. The second-order valence-electron chi connectivity index (χ2n) is 9.54. The van der Waals surface area contributed by atoms with Crippen LogP contribution in [0.3, 0.4) is 0 Å². The molecule has 1 aliphatic rings. The SMILES string of the molecule is CCOC(=O)C(COC(C)=O)(COP(=O)(NC(C)C(=O)OC)OC[C@H]1O[C@@H](n2ccc(N)nc2=O)[C@H](OC)[C@@H]1O)C(=O)OCC. The molecule has 1 aromatic rings. The minimum Gasteiger partial charge on any atom is -0.468 e. The van der Waals surface area contributed by atoms with Gasteiger partial charge in [0.25, 0.3) is 0 Å². The Bertz CT molecular complexity index is 1290. The van der Waals surface area contributed by atoms with E-state index in [2.05, 4.69) is 14.8 Å². The summed E-state index contributed by atoms with van der Waals surface area (Å²) in [5.74, 6) is -4.26. The van der Waals surface area contributed by atoms with Crippen molar-refractivity contribution in [3.8, 4) is 0 Å². The molecule has 4 N–H and O–H groups in total. The van der Waals surface area contributed by atoms with Crippen molar-refractivity contribution in [3.05, 3.63) is 22.7 Å². The first-order valence-corrected chi connectivity index (χ1v) is 15.2. The van der Waals surface area contributed by atoms with E-state index in [4.69, 9.17) is 38.5 Å². The quantitative estimate of drug-likeness (QED) is 0.0785. The average Bonchev–Trinajstić information content (AvgIpc) is 3.30. The molecule has 2 rings (SSSR count). The number of aliphatic hydroxyl groups excluding tert-OH is 1. The molecule has 0 amide bonds. The topological polar surface area (TPSA) is 252 Å². The number of aromatic nitrogens is 2. The van der Waals surface area contributed by atoms with Gasteiger partial charge in [-0.2, -0.15) is 4.98 Å². The van der Waals surface area contributed by atoms with Crippen LogP contribution in [0.2, 0.25) is 0 Å². The van der Waals surface area contributed by atoms with Gasteiger partial charge in [0.1, 0.15) is 36.8 Å². The first-order chi connectivity index (χ1) is 21.2. The van der Waals surface area contributed by atoms with E-state index in [-0.39, 0.29) is 19.0 Å². The van der Waals surface area contributed by atoms with E-state index in [1.165, 1.54) is 40.1 Å². The van der Waals surface area contributed by atoms with Crippen molar-refractivity contribution in [1.82, 2.24) is 14.6 Å². The molecular weight excluding hydrogens is 627 g/mol. The zero-order valence-corrected chi connectivity index (χ0v) is 26.6. The fraction of sp³-hybridized carbons (Fsp3) is 0.680. The first-order valence-electron chi connectivity index (χ1n) is 13.6. The molecule has 1 aliphatic heterocycles. The molecule has 0 bridgehead atoms. The van der Waals surface area contributed by atoms with E-state index in [0.29, 0.717) is 0 Å². The van der Waals surface area contributed by atoms with E-state index in [1.54, 1.807) is 0 Å². The van der Waals surface area contributed by atoms with Crippen LogP contribution >= 0.6 is 7.75 Å². The molecule has 0 aliphatic carbocycles. The Hall–Kier alpha value is -3.45. The summed E-state index contributed by atoms with van der Waals surface area (Å²) in [6, 6.07) is -0.00885. The third-order valence-corrected chi connectivity index (χ3v) is 8.02. The molecule has 20 heteroatoms. The number of carbonyl (C=O) groups excluding carboxylic acids is 4. The normalized spacial score (nSPS) is 21.8. The molecule has 2 unspecified atom stereocenters. The lowest BCUT2D eigenvalue weighted by Gasteiger charge is -2.30. The van der Waals surface area contributed by atoms with Crippen molar-refractivity contribution >= 4 is 37.4 Å². The van der Waals surface area contributed by atoms with Gasteiger partial charge < -0.3 is 39.3 Å². The highest BCUT2D eigenvalue weighted by Crippen LogP contribution is 2.47. The van der Waals surface area contributed by atoms with Crippen molar-refractivity contribution in [2.24, 2.45) is 5.41 Å². The average molecular weight is 667 g/mol. The molecule has 1 fully saturated rings. The van der Waals surface area contributed by atoms with E-state index in [9.17, 15) is 33.6 Å². The molecule has 1 saturated heterocycles. The van der Waals surface area contributed by atoms with E-state index in [1.807, 2.05) is 0 Å². The van der Waals surface area contributed by atoms with Gasteiger partial charge in [-0.15, -0.1) is 0 Å². The van der Waals surface area contributed by atoms with Gasteiger partial charge in [-0.1, -0.05) is 0 Å². The second-order valence-corrected chi connectivity index (χ2v) is 11.3. The number of esters is 4. The van der Waals surface area contributed by atoms with Crippen LogP contribution in [0.1, 0.15) is 33.9 Å². The van der Waals surface area contributed by atoms with Gasteiger partial charge in [-0.05, 0) is 26.8 Å². The molecule has 19 nitrogen and oxygen atoms in total. The molecule has 0 spiro atoms. The first kappa shape index (κ1) is 37.7. The summed E-state index contributed by atoms with van der Waals surface area (Å²) in [5, 5.41) is 13.2. The lowest BCUT2D eigenvalue weighted by atomic mass is 9.90. The summed E-state index contributed by atoms with van der Waals surface area (Å²) in [6.45, 7) is 2.09. The zero-order valence-electron chi connectivity index (χ0n) is 25.7. The number of methoxy groups -OCH3 is 2. The number of nitrogens with two attached hydrogens (primary N) is 1. The number of carbonyl (C=O) groups is 4. The number of nitrogens with zero attached hydrogens (tertiary/aromatic N) is 2. The molecule has 254 valence electrons. The maximum atomic E-state index is 14.0. The Morgan fingerprint density at radius 1 is 1.13 bits per heavy atom. The Balaban J connectivity index is 2.42. The number of ether oxygens (including phenoxy) is 6. The van der Waals surface area contributed by atoms with Crippen LogP contribution in [0, 0.1) is 5.41 Å². The standard InChI is InChI=1S/C25H39N4O15P/c1-7-39-22(33)25(12-41-15(4)30,23(34)40-8-2)13-43-45(36,28-14(3)21(32)38-6)42-11-16-18(31)19(37-5)20(44-16)29-10-9-17(26)27-24(29)35/h9-10,14,16,18-20,31H,7-8,11-13H2,1-6H3,(H,28,36)(H2,26,27,35)/t14?,16-,18-,19-,20-,45?/m1/s1. The minimum absolute atomic E-state index is 0.0528. The zero-order chi connectivity index (χ0) is 33.9. The summed E-state index contributed by atoms with van der Waals surface area (Å²) in [6.07, 6.45) is -3.84. The smallest absolute Gasteiger partial charge is 0.406 e. The van der Waals surface area contributed by atoms with Gasteiger partial charge in [0.05, 0.1) is 33.5 Å². The highest BCUT2D eigenvalue weighted by molar-refractivity contribution is 7.51. The van der Waals surface area contributed by atoms with Crippen LogP contribution in [-0.2, 0) is 61.2 Å². The second kappa shape index (κ2) is 16.7. The summed E-state index contributed by atoms with van der Waals surface area (Å²) >= 11 is 0. The summed E-state index contributed by atoms with van der Waals surface area (Å²) in [4.78, 5) is 65.9. The Morgan fingerprint density at radius 3 is 2.27 bits per heavy atom. The Labute approximate surface area is 258 Å². The third-order valence-electron chi connectivity index (χ3n) is 6.36. The number of hydrogen-bond acceptors (Lipinski definition) is 17. The minimum atomic E-state index is -4.75. The van der Waals surface area contributed by atoms with Gasteiger partial charge in [0, 0.05) is 20.2 Å². The van der Waals surface area contributed by atoms with Crippen molar-refractivity contribution < 1.29 is 66.3 Å². The van der Waals surface area contributed by atoms with Crippen LogP contribution in [0.4, 0.5) is 5.82 Å². The fourth-order valence-electron chi connectivity index (χ4n) is 4.02. The van der Waals surface area contributed by atoms with E-state index in [0.717, 1.165) is 18.6 Å². The highest BCUT2D eigenvalue weighted by Gasteiger charge is 2.53. The summed E-state index contributed by atoms with van der Waals surface area (Å²) < 4.78 is 56.8. The van der Waals surface area contributed by atoms with Crippen molar-refractivity contribution in [1.29, 1.82) is 0 Å². The Kier molecular flexibility index (Phi) is 14.0. The van der Waals surface area contributed by atoms with Gasteiger partial charge >= 0.3 is 37.3 Å². The Morgan fingerprint density at radius 2 is 1.76 bits per heavy atom. The maximum Gasteiger partial charge on any atom is 0.406 e. The fourth-order valence-corrected chi connectivity index (χ4v) is 5.56. The lowest BCUT2D eigenvalue weighted by molar-refractivity contribution is -0.181. The van der Waals surface area contributed by atoms with Gasteiger partial charge in [-0.25, -0.2) is 14.4 Å². The number of rotatable bonds is 17. The van der Waals surface area contributed by atoms with Crippen molar-refractivity contribution in [3.63, 3.8) is 0 Å². The summed E-state index contributed by atoms with van der Waals surface area (Å²) in [5.41, 5.74) is 2.27. The molecule has 0 saturated carbocycles. The molecule has 0 aromatic carbocycles. The van der Waals surface area contributed by atoms with Crippen LogP contribution in [-0.4, -0.2) is 110 Å². The third kappa shape index (κ3) is 9.52. The molecule has 45 heavy (non-hydrogen) atoms. The molecule has 6 atom stereocenters. The van der Waals surface area contributed by atoms with Crippen molar-refractivity contribution in [2.45, 2.75) is 58.3 Å². The number of nitrogens with one attached hydrogen (secondary N) is 1. The molecule has 0 radical (unpaired) electrons. The predicted molar refractivity (Wildman–Crippen MR) is 150 cm³/mol. The molecule has 1 aromatic heterocycles. The van der Waals surface area contributed by atoms with Crippen LogP contribution in [0.5, 0.6) is 0 Å². The van der Waals surface area contributed by atoms with E-state index < -0.39 is 93.1 Å². The number of hydrogen-bond donors (Lipinski definition) is 3. The lowest BCUT2D eigenvalue weighted by Crippen LogP contribution is -2.50. The number of anilines is 1. The summed E-state index contributed by atoms with van der Waals surface area (Å²) in [7, 11) is -2.43. The maximum absolute atomic E-state index is 14.0. The predicted octanol–water partition coefficient (Wildman–Crippen LogP) is -0.933. The van der Waals surface area contributed by atoms with E-state index >= 15 is 0 Å². The van der Waals surface area contributed by atoms with Crippen LogP contribution in [0.25, 0.3) is 0 Å². The molecular formula is C25H39N4O15P. The number of aliphatic hydroxyl groups is 1. The van der Waals surface area contributed by atoms with Crippen LogP contribution in [0.15, 0.2) is 17.1 Å². The monoisotopic (exact) mass is 666 g/mol. The van der Waals surface area contributed by atoms with Gasteiger partial charge in [0.2, 0.25) is 5.41 Å². The van der Waals surface area contributed by atoms with Crippen molar-refractivity contribution in [2.75, 3.05) is 53.0 Å². The van der Waals surface area contributed by atoms with Gasteiger partial charge in [0.15, 0.2) is 6.23 Å². The number of nitrogen functional groups attached to an aromatic ring is 1. The molecule has 2 heterocycles. The van der Waals surface area contributed by atoms with Crippen LogP contribution < -0.4 is 16.5 Å². The van der Waals surface area contributed by atoms with Gasteiger partial charge in [-0.3, -0.25) is 32.8 Å².